The molecule has 132 valence electrons. The maximum absolute atomic E-state index is 12.4. The van der Waals surface area contributed by atoms with Crippen molar-refractivity contribution in [1.82, 2.24) is 15.2 Å². The molecule has 7 nitrogen and oxygen atoms in total. The van der Waals surface area contributed by atoms with Crippen LogP contribution in [0.3, 0.4) is 0 Å². The van der Waals surface area contributed by atoms with Gasteiger partial charge in [0, 0.05) is 25.2 Å². The number of nitrogens with zero attached hydrogens (tertiary/aromatic N) is 4. The molecule has 4 rings (SSSR count). The van der Waals surface area contributed by atoms with Gasteiger partial charge in [-0.15, -0.1) is 10.2 Å². The van der Waals surface area contributed by atoms with Gasteiger partial charge in [0.15, 0.2) is 11.6 Å². The maximum atomic E-state index is 12.4. The first-order valence-electron chi connectivity index (χ1n) is 8.63. The van der Waals surface area contributed by atoms with Crippen molar-refractivity contribution in [2.45, 2.75) is 12.8 Å². The van der Waals surface area contributed by atoms with Crippen molar-refractivity contribution in [3.8, 4) is 11.5 Å². The summed E-state index contributed by atoms with van der Waals surface area (Å²) in [6.45, 7) is 1.56. The minimum Gasteiger partial charge on any atom is -0.463 e. The smallest absolute Gasteiger partial charge is 0.227 e. The van der Waals surface area contributed by atoms with Crippen LogP contribution in [-0.2, 0) is 4.79 Å². The molecule has 4 heterocycles. The second kappa shape index (κ2) is 7.35. The summed E-state index contributed by atoms with van der Waals surface area (Å²) in [6, 6.07) is 11.2. The Labute approximate surface area is 151 Å². The van der Waals surface area contributed by atoms with Crippen LogP contribution in [0.2, 0.25) is 0 Å². The van der Waals surface area contributed by atoms with E-state index in [0.29, 0.717) is 11.5 Å². The molecule has 1 saturated heterocycles. The monoisotopic (exact) mass is 349 g/mol. The second-order valence-corrected chi connectivity index (χ2v) is 6.25. The molecule has 3 aromatic heterocycles. The van der Waals surface area contributed by atoms with Gasteiger partial charge < -0.3 is 14.6 Å². The molecular formula is C19H19N5O2. The van der Waals surface area contributed by atoms with Crippen molar-refractivity contribution >= 4 is 17.4 Å². The fourth-order valence-electron chi connectivity index (χ4n) is 3.10. The normalized spacial score (nSPS) is 15.0. The van der Waals surface area contributed by atoms with Crippen molar-refractivity contribution in [3.63, 3.8) is 0 Å². The topological polar surface area (TPSA) is 84.2 Å². The first-order chi connectivity index (χ1) is 12.8. The highest BCUT2D eigenvalue weighted by Crippen LogP contribution is 2.24. The van der Waals surface area contributed by atoms with E-state index in [0.717, 1.165) is 37.4 Å². The average Bonchev–Trinajstić information content (AvgIpc) is 3.24. The summed E-state index contributed by atoms with van der Waals surface area (Å²) in [5, 5.41) is 11.5. The number of hydrogen-bond donors (Lipinski definition) is 1. The molecule has 1 N–H and O–H groups in total. The summed E-state index contributed by atoms with van der Waals surface area (Å²) in [5.41, 5.74) is 1.45. The van der Waals surface area contributed by atoms with Crippen molar-refractivity contribution in [2.24, 2.45) is 5.92 Å². The molecule has 0 aromatic carbocycles. The number of anilines is 2. The Morgan fingerprint density at radius 3 is 2.65 bits per heavy atom. The minimum atomic E-state index is 0.00167. The summed E-state index contributed by atoms with van der Waals surface area (Å²) in [5.74, 6) is 1.58. The Kier molecular flexibility index (Phi) is 4.59. The molecule has 0 aliphatic carbocycles. The van der Waals surface area contributed by atoms with Crippen LogP contribution in [0.4, 0.5) is 11.5 Å². The van der Waals surface area contributed by atoms with Crippen molar-refractivity contribution in [3.05, 3.63) is 55.1 Å². The van der Waals surface area contributed by atoms with Crippen LogP contribution in [0.1, 0.15) is 12.8 Å². The highest BCUT2D eigenvalue weighted by molar-refractivity contribution is 5.92. The standard InChI is InChI=1S/C19H19N5O2/c25-19(21-15-3-1-9-20-13-15)14-7-10-24(11-8-14)18-6-5-16(22-23-18)17-4-2-12-26-17/h1-6,9,12-14H,7-8,10-11H2,(H,21,25). The molecule has 0 saturated carbocycles. The molecule has 0 atom stereocenters. The number of nitrogens with one attached hydrogen (secondary N) is 1. The summed E-state index contributed by atoms with van der Waals surface area (Å²) in [4.78, 5) is 18.6. The highest BCUT2D eigenvalue weighted by Gasteiger charge is 2.26. The Bertz CT molecular complexity index is 841. The number of piperidine rings is 1. The number of pyridine rings is 1. The van der Waals surface area contributed by atoms with E-state index in [2.05, 4.69) is 25.4 Å². The van der Waals surface area contributed by atoms with Crippen LogP contribution in [0.5, 0.6) is 0 Å². The Morgan fingerprint density at radius 2 is 2.00 bits per heavy atom. The van der Waals surface area contributed by atoms with Gasteiger partial charge in [0.25, 0.3) is 0 Å². The van der Waals surface area contributed by atoms with Crippen molar-refractivity contribution < 1.29 is 9.21 Å². The number of aromatic nitrogens is 3. The third-order valence-corrected chi connectivity index (χ3v) is 4.54. The van der Waals surface area contributed by atoms with Gasteiger partial charge in [0.2, 0.25) is 5.91 Å². The molecule has 26 heavy (non-hydrogen) atoms. The van der Waals surface area contributed by atoms with E-state index in [9.17, 15) is 4.79 Å². The van der Waals surface area contributed by atoms with E-state index >= 15 is 0 Å². The number of carbonyl (C=O) groups excluding carboxylic acids is 1. The first kappa shape index (κ1) is 16.3. The van der Waals surface area contributed by atoms with Gasteiger partial charge in [-0.25, -0.2) is 0 Å². The van der Waals surface area contributed by atoms with Gasteiger partial charge in [0.05, 0.1) is 18.1 Å². The molecule has 0 unspecified atom stereocenters. The second-order valence-electron chi connectivity index (χ2n) is 6.25. The van der Waals surface area contributed by atoms with Gasteiger partial charge in [-0.05, 0) is 49.2 Å². The lowest BCUT2D eigenvalue weighted by Crippen LogP contribution is -2.38. The predicted molar refractivity (Wildman–Crippen MR) is 97.5 cm³/mol. The van der Waals surface area contributed by atoms with Crippen molar-refractivity contribution in [2.75, 3.05) is 23.3 Å². The molecule has 0 spiro atoms. The summed E-state index contributed by atoms with van der Waals surface area (Å²) in [6.07, 6.45) is 6.53. The number of hydrogen-bond acceptors (Lipinski definition) is 6. The quantitative estimate of drug-likeness (QED) is 0.779. The molecule has 1 amide bonds. The lowest BCUT2D eigenvalue weighted by Gasteiger charge is -2.31. The van der Waals surface area contributed by atoms with E-state index < -0.39 is 0 Å². The van der Waals surface area contributed by atoms with Gasteiger partial charge in [-0.2, -0.15) is 0 Å². The lowest BCUT2D eigenvalue weighted by molar-refractivity contribution is -0.120. The number of furan rings is 1. The first-order valence-corrected chi connectivity index (χ1v) is 8.63. The van der Waals surface area contributed by atoms with Gasteiger partial charge >= 0.3 is 0 Å². The average molecular weight is 349 g/mol. The van der Waals surface area contributed by atoms with E-state index in [4.69, 9.17) is 4.42 Å². The fourth-order valence-corrected chi connectivity index (χ4v) is 3.10. The SMILES string of the molecule is O=C(Nc1cccnc1)C1CCN(c2ccc(-c3ccco3)nn2)CC1. The lowest BCUT2D eigenvalue weighted by atomic mass is 9.96. The highest BCUT2D eigenvalue weighted by atomic mass is 16.3. The molecule has 3 aromatic rings. The van der Waals surface area contributed by atoms with Gasteiger partial charge in [-0.1, -0.05) is 0 Å². The van der Waals surface area contributed by atoms with Crippen LogP contribution in [0.15, 0.2) is 59.5 Å². The zero-order valence-corrected chi connectivity index (χ0v) is 14.2. The van der Waals surface area contributed by atoms with E-state index in [1.54, 1.807) is 18.7 Å². The summed E-state index contributed by atoms with van der Waals surface area (Å²) < 4.78 is 5.33. The third kappa shape index (κ3) is 3.56. The van der Waals surface area contributed by atoms with Gasteiger partial charge in [0.1, 0.15) is 5.69 Å². The molecule has 1 aliphatic rings. The number of amides is 1. The van der Waals surface area contributed by atoms with Crippen LogP contribution < -0.4 is 10.2 Å². The van der Waals surface area contributed by atoms with Crippen LogP contribution >= 0.6 is 0 Å². The van der Waals surface area contributed by atoms with E-state index in [1.165, 1.54) is 0 Å². The van der Waals surface area contributed by atoms with E-state index in [1.807, 2.05) is 36.4 Å². The number of carbonyl (C=O) groups is 1. The van der Waals surface area contributed by atoms with Crippen LogP contribution in [0, 0.1) is 5.92 Å². The Balaban J connectivity index is 1.34. The predicted octanol–water partition coefficient (Wildman–Crippen LogP) is 2.99. The molecule has 1 aliphatic heterocycles. The fraction of sp³-hybridized carbons (Fsp3) is 0.263. The third-order valence-electron chi connectivity index (χ3n) is 4.54. The zero-order valence-electron chi connectivity index (χ0n) is 14.2. The van der Waals surface area contributed by atoms with Crippen LogP contribution in [-0.4, -0.2) is 34.2 Å². The Morgan fingerprint density at radius 1 is 1.12 bits per heavy atom. The molecule has 0 radical (unpaired) electrons. The summed E-state index contributed by atoms with van der Waals surface area (Å²) >= 11 is 0. The molecule has 0 bridgehead atoms. The molecule has 1 fully saturated rings. The van der Waals surface area contributed by atoms with Crippen molar-refractivity contribution in [1.29, 1.82) is 0 Å². The zero-order chi connectivity index (χ0) is 17.8. The van der Waals surface area contributed by atoms with E-state index in [-0.39, 0.29) is 11.8 Å². The summed E-state index contributed by atoms with van der Waals surface area (Å²) in [7, 11) is 0. The van der Waals surface area contributed by atoms with Crippen LogP contribution in [0.25, 0.3) is 11.5 Å². The number of rotatable bonds is 4. The molecule has 7 heteroatoms. The Hall–Kier alpha value is -3.22. The maximum Gasteiger partial charge on any atom is 0.227 e. The van der Waals surface area contributed by atoms with Gasteiger partial charge in [-0.3, -0.25) is 9.78 Å². The minimum absolute atomic E-state index is 0.00167. The molecular weight excluding hydrogens is 330 g/mol. The largest absolute Gasteiger partial charge is 0.463 e.